The zero-order valence-electron chi connectivity index (χ0n) is 9.98. The van der Waals surface area contributed by atoms with Crippen LogP contribution in [0.15, 0.2) is 4.42 Å². The Morgan fingerprint density at radius 3 is 3.00 bits per heavy atom. The number of carbonyl (C=O) groups is 1. The van der Waals surface area contributed by atoms with Crippen molar-refractivity contribution in [1.29, 1.82) is 0 Å². The van der Waals surface area contributed by atoms with Crippen LogP contribution in [0.2, 0.25) is 0 Å². The van der Waals surface area contributed by atoms with Gasteiger partial charge >= 0.3 is 6.01 Å². The molecule has 1 unspecified atom stereocenters. The second-order valence-electron chi connectivity index (χ2n) is 4.65. The minimum atomic E-state index is -0.101. The Morgan fingerprint density at radius 1 is 1.59 bits per heavy atom. The standard InChI is InChI=1S/C11H18N4O2/c1-7(6-12)2-5-9(16)13-11-15-14-10(17-11)8-3-4-8/h7-8H,2-6,12H2,1H3,(H,13,15,16). The van der Waals surface area contributed by atoms with Crippen molar-refractivity contribution in [2.45, 2.75) is 38.5 Å². The Hall–Kier alpha value is -1.43. The Balaban J connectivity index is 1.76. The first-order valence-electron chi connectivity index (χ1n) is 6.02. The lowest BCUT2D eigenvalue weighted by atomic mass is 10.1. The van der Waals surface area contributed by atoms with Crippen LogP contribution in [0, 0.1) is 5.92 Å². The van der Waals surface area contributed by atoms with Gasteiger partial charge in [0.1, 0.15) is 0 Å². The minimum absolute atomic E-state index is 0.101. The molecular formula is C11H18N4O2. The molecular weight excluding hydrogens is 220 g/mol. The Morgan fingerprint density at radius 2 is 2.35 bits per heavy atom. The molecule has 1 amide bonds. The number of amides is 1. The third-order valence-electron chi connectivity index (χ3n) is 2.88. The average molecular weight is 238 g/mol. The summed E-state index contributed by atoms with van der Waals surface area (Å²) in [4.78, 5) is 11.5. The molecule has 0 saturated heterocycles. The molecule has 1 saturated carbocycles. The molecule has 94 valence electrons. The van der Waals surface area contributed by atoms with E-state index in [1.165, 1.54) is 0 Å². The van der Waals surface area contributed by atoms with E-state index in [0.717, 1.165) is 19.3 Å². The second-order valence-corrected chi connectivity index (χ2v) is 4.65. The second kappa shape index (κ2) is 5.27. The van der Waals surface area contributed by atoms with Gasteiger partial charge < -0.3 is 10.2 Å². The third kappa shape index (κ3) is 3.52. The van der Waals surface area contributed by atoms with Crippen LogP contribution in [0.3, 0.4) is 0 Å². The van der Waals surface area contributed by atoms with Crippen LogP contribution in [0.5, 0.6) is 0 Å². The number of hydrogen-bond donors (Lipinski definition) is 2. The highest BCUT2D eigenvalue weighted by molar-refractivity contribution is 5.88. The van der Waals surface area contributed by atoms with E-state index in [-0.39, 0.29) is 11.9 Å². The van der Waals surface area contributed by atoms with Gasteiger partial charge in [-0.2, -0.15) is 0 Å². The number of nitrogens with one attached hydrogen (secondary N) is 1. The van der Waals surface area contributed by atoms with E-state index in [0.29, 0.717) is 30.7 Å². The number of hydrogen-bond acceptors (Lipinski definition) is 5. The molecule has 1 fully saturated rings. The molecule has 1 heterocycles. The monoisotopic (exact) mass is 238 g/mol. The highest BCUT2D eigenvalue weighted by Crippen LogP contribution is 2.39. The summed E-state index contributed by atoms with van der Waals surface area (Å²) in [5.74, 6) is 1.29. The van der Waals surface area contributed by atoms with E-state index in [4.69, 9.17) is 10.2 Å². The van der Waals surface area contributed by atoms with Gasteiger partial charge in [-0.25, -0.2) is 0 Å². The highest BCUT2D eigenvalue weighted by Gasteiger charge is 2.29. The highest BCUT2D eigenvalue weighted by atomic mass is 16.4. The lowest BCUT2D eigenvalue weighted by Crippen LogP contribution is -2.16. The van der Waals surface area contributed by atoms with Gasteiger partial charge in [-0.1, -0.05) is 12.0 Å². The van der Waals surface area contributed by atoms with E-state index >= 15 is 0 Å². The third-order valence-corrected chi connectivity index (χ3v) is 2.88. The van der Waals surface area contributed by atoms with Crippen molar-refractivity contribution < 1.29 is 9.21 Å². The maximum atomic E-state index is 11.5. The summed E-state index contributed by atoms with van der Waals surface area (Å²) < 4.78 is 5.33. The van der Waals surface area contributed by atoms with Crippen molar-refractivity contribution in [3.05, 3.63) is 5.89 Å². The van der Waals surface area contributed by atoms with Crippen LogP contribution in [-0.2, 0) is 4.79 Å². The summed E-state index contributed by atoms with van der Waals surface area (Å²) in [5, 5.41) is 10.3. The molecule has 3 N–H and O–H groups in total. The topological polar surface area (TPSA) is 94.0 Å². The smallest absolute Gasteiger partial charge is 0.322 e. The largest absolute Gasteiger partial charge is 0.408 e. The molecule has 17 heavy (non-hydrogen) atoms. The van der Waals surface area contributed by atoms with Gasteiger partial charge in [0.15, 0.2) is 0 Å². The molecule has 0 bridgehead atoms. The normalized spacial score (nSPS) is 16.8. The number of rotatable bonds is 6. The first-order valence-corrected chi connectivity index (χ1v) is 6.02. The van der Waals surface area contributed by atoms with Gasteiger partial charge in [0.25, 0.3) is 0 Å². The predicted molar refractivity (Wildman–Crippen MR) is 62.4 cm³/mol. The molecule has 0 spiro atoms. The number of nitrogens with two attached hydrogens (primary N) is 1. The molecule has 1 aliphatic carbocycles. The van der Waals surface area contributed by atoms with Crippen molar-refractivity contribution in [1.82, 2.24) is 10.2 Å². The molecule has 6 nitrogen and oxygen atoms in total. The van der Waals surface area contributed by atoms with Crippen LogP contribution in [-0.4, -0.2) is 22.6 Å². The predicted octanol–water partition coefficient (Wildman–Crippen LogP) is 1.26. The summed E-state index contributed by atoms with van der Waals surface area (Å²) in [5.41, 5.74) is 5.48. The molecule has 6 heteroatoms. The van der Waals surface area contributed by atoms with E-state index < -0.39 is 0 Å². The van der Waals surface area contributed by atoms with Gasteiger partial charge in [-0.05, 0) is 31.7 Å². The summed E-state index contributed by atoms with van der Waals surface area (Å²) in [6.45, 7) is 2.62. The van der Waals surface area contributed by atoms with Gasteiger partial charge in [-0.3, -0.25) is 10.1 Å². The fourth-order valence-corrected chi connectivity index (χ4v) is 1.46. The first kappa shape index (κ1) is 12.0. The molecule has 0 aliphatic heterocycles. The van der Waals surface area contributed by atoms with Crippen molar-refractivity contribution >= 4 is 11.9 Å². The van der Waals surface area contributed by atoms with Crippen LogP contribution in [0.1, 0.15) is 44.4 Å². The van der Waals surface area contributed by atoms with Crippen LogP contribution >= 0.6 is 0 Å². The molecule has 2 rings (SSSR count). The molecule has 1 aromatic rings. The number of nitrogens with zero attached hydrogens (tertiary/aromatic N) is 2. The fraction of sp³-hybridized carbons (Fsp3) is 0.727. The Kier molecular flexibility index (Phi) is 3.73. The number of carbonyl (C=O) groups excluding carboxylic acids is 1. The van der Waals surface area contributed by atoms with Crippen molar-refractivity contribution in [3.8, 4) is 0 Å². The lowest BCUT2D eigenvalue weighted by Gasteiger charge is -2.06. The average Bonchev–Trinajstić information content (AvgIpc) is 3.08. The zero-order chi connectivity index (χ0) is 12.3. The minimum Gasteiger partial charge on any atom is -0.408 e. The van der Waals surface area contributed by atoms with Crippen LogP contribution < -0.4 is 11.1 Å². The maximum Gasteiger partial charge on any atom is 0.322 e. The SMILES string of the molecule is CC(CN)CCC(=O)Nc1nnc(C2CC2)o1. The van der Waals surface area contributed by atoms with E-state index in [1.54, 1.807) is 0 Å². The van der Waals surface area contributed by atoms with Crippen LogP contribution in [0.4, 0.5) is 6.01 Å². The van der Waals surface area contributed by atoms with Crippen LogP contribution in [0.25, 0.3) is 0 Å². The lowest BCUT2D eigenvalue weighted by molar-refractivity contribution is -0.116. The zero-order valence-corrected chi connectivity index (χ0v) is 9.98. The van der Waals surface area contributed by atoms with E-state index in [2.05, 4.69) is 15.5 Å². The van der Waals surface area contributed by atoms with Gasteiger partial charge in [0.2, 0.25) is 11.8 Å². The number of anilines is 1. The van der Waals surface area contributed by atoms with Crippen molar-refractivity contribution in [3.63, 3.8) is 0 Å². The van der Waals surface area contributed by atoms with E-state index in [9.17, 15) is 4.79 Å². The van der Waals surface area contributed by atoms with Gasteiger partial charge in [-0.15, -0.1) is 5.10 Å². The summed E-state index contributed by atoms with van der Waals surface area (Å²) >= 11 is 0. The quantitative estimate of drug-likeness (QED) is 0.778. The number of aromatic nitrogens is 2. The molecule has 0 aromatic carbocycles. The van der Waals surface area contributed by atoms with E-state index in [1.807, 2.05) is 6.92 Å². The summed E-state index contributed by atoms with van der Waals surface area (Å²) in [7, 11) is 0. The fourth-order valence-electron chi connectivity index (χ4n) is 1.46. The Bertz CT molecular complexity index is 387. The Labute approximate surface area is 100.0 Å². The molecule has 0 radical (unpaired) electrons. The summed E-state index contributed by atoms with van der Waals surface area (Å²) in [6, 6.07) is 0.206. The maximum absolute atomic E-state index is 11.5. The van der Waals surface area contributed by atoms with Gasteiger partial charge in [0, 0.05) is 12.3 Å². The van der Waals surface area contributed by atoms with Crippen molar-refractivity contribution in [2.75, 3.05) is 11.9 Å². The van der Waals surface area contributed by atoms with Crippen molar-refractivity contribution in [2.24, 2.45) is 11.7 Å². The first-order chi connectivity index (χ1) is 8.19. The molecule has 1 aromatic heterocycles. The summed E-state index contributed by atoms with van der Waals surface area (Å²) in [6.07, 6.45) is 3.40. The van der Waals surface area contributed by atoms with Gasteiger partial charge in [0.05, 0.1) is 0 Å². The molecule has 1 atom stereocenters. The molecule has 1 aliphatic rings.